The molecule has 0 amide bonds. The number of aliphatic carboxylic acids is 1. The molecule has 1 N–H and O–H groups in total. The minimum atomic E-state index is -0.638. The lowest BCUT2D eigenvalue weighted by atomic mass is 9.47. The number of allylic oxidation sites excluding steroid dienone is 2. The second kappa shape index (κ2) is 4.40. The minimum absolute atomic E-state index is 0.0473. The summed E-state index contributed by atoms with van der Waals surface area (Å²) in [4.78, 5) is 11.3. The van der Waals surface area contributed by atoms with Crippen molar-refractivity contribution in [2.75, 3.05) is 0 Å². The van der Waals surface area contributed by atoms with E-state index in [4.69, 9.17) is 0 Å². The number of fused-ring (bicyclic) bond motifs is 1. The maximum Gasteiger partial charge on any atom is 0.303 e. The minimum Gasteiger partial charge on any atom is -0.481 e. The smallest absolute Gasteiger partial charge is 0.303 e. The Labute approximate surface area is 110 Å². The second-order valence-corrected chi connectivity index (χ2v) is 6.95. The quantitative estimate of drug-likeness (QED) is 0.743. The van der Waals surface area contributed by atoms with Crippen LogP contribution in [0.15, 0.2) is 11.6 Å². The fourth-order valence-electron chi connectivity index (χ4n) is 4.53. The van der Waals surface area contributed by atoms with E-state index in [1.165, 1.54) is 12.0 Å². The third-order valence-electron chi connectivity index (χ3n) is 6.13. The molecule has 0 aliphatic heterocycles. The molecular formula is C16H26O2. The van der Waals surface area contributed by atoms with Crippen LogP contribution in [0.4, 0.5) is 0 Å². The van der Waals surface area contributed by atoms with Gasteiger partial charge in [0.05, 0.1) is 6.42 Å². The van der Waals surface area contributed by atoms with Crippen LogP contribution in [0.5, 0.6) is 0 Å². The fourth-order valence-corrected chi connectivity index (χ4v) is 4.53. The normalized spacial score (nSPS) is 44.1. The first-order valence-electron chi connectivity index (χ1n) is 7.20. The maximum absolute atomic E-state index is 11.3. The molecule has 0 radical (unpaired) electrons. The average molecular weight is 250 g/mol. The van der Waals surface area contributed by atoms with Crippen molar-refractivity contribution in [2.45, 2.75) is 59.8 Å². The van der Waals surface area contributed by atoms with Crippen LogP contribution in [0, 0.1) is 22.7 Å². The number of rotatable bonds is 2. The average Bonchev–Trinajstić information content (AvgIpc) is 2.27. The lowest BCUT2D eigenvalue weighted by Gasteiger charge is -2.57. The van der Waals surface area contributed by atoms with Gasteiger partial charge in [-0.05, 0) is 55.3 Å². The molecule has 0 aromatic carbocycles. The van der Waals surface area contributed by atoms with Gasteiger partial charge in [-0.2, -0.15) is 0 Å². The Hall–Kier alpha value is -0.790. The molecule has 1 saturated carbocycles. The zero-order chi connectivity index (χ0) is 13.6. The van der Waals surface area contributed by atoms with Gasteiger partial charge in [0, 0.05) is 0 Å². The number of carbonyl (C=O) groups is 1. The van der Waals surface area contributed by atoms with E-state index in [1.807, 2.05) is 0 Å². The molecule has 4 unspecified atom stereocenters. The molecule has 2 rings (SSSR count). The number of carboxylic acid groups (broad SMARTS) is 1. The monoisotopic (exact) mass is 250 g/mol. The van der Waals surface area contributed by atoms with Gasteiger partial charge in [-0.25, -0.2) is 0 Å². The summed E-state index contributed by atoms with van der Waals surface area (Å²) in [7, 11) is 0. The molecule has 0 saturated heterocycles. The zero-order valence-electron chi connectivity index (χ0n) is 12.1. The van der Waals surface area contributed by atoms with Crippen LogP contribution in [0.25, 0.3) is 0 Å². The largest absolute Gasteiger partial charge is 0.481 e. The van der Waals surface area contributed by atoms with E-state index in [0.29, 0.717) is 18.3 Å². The van der Waals surface area contributed by atoms with E-state index in [0.717, 1.165) is 19.3 Å². The first kappa shape index (κ1) is 13.6. The molecule has 18 heavy (non-hydrogen) atoms. The summed E-state index contributed by atoms with van der Waals surface area (Å²) < 4.78 is 0. The van der Waals surface area contributed by atoms with Crippen molar-refractivity contribution in [1.29, 1.82) is 0 Å². The van der Waals surface area contributed by atoms with E-state index < -0.39 is 5.97 Å². The van der Waals surface area contributed by atoms with Crippen molar-refractivity contribution >= 4 is 5.97 Å². The van der Waals surface area contributed by atoms with E-state index in [1.54, 1.807) is 0 Å². The van der Waals surface area contributed by atoms with Crippen molar-refractivity contribution < 1.29 is 9.90 Å². The molecule has 1 fully saturated rings. The van der Waals surface area contributed by atoms with Gasteiger partial charge in [-0.15, -0.1) is 0 Å². The van der Waals surface area contributed by atoms with E-state index in [-0.39, 0.29) is 10.8 Å². The second-order valence-electron chi connectivity index (χ2n) is 6.95. The predicted molar refractivity (Wildman–Crippen MR) is 73.3 cm³/mol. The first-order valence-corrected chi connectivity index (χ1v) is 7.20. The standard InChI is InChI=1S/C16H26O2/c1-11-6-5-7-13-15(11,3)9-8-12(2)16(13,4)10-14(17)18/h6,12-13H,5,7-10H2,1-4H3,(H,17,18). The summed E-state index contributed by atoms with van der Waals surface area (Å²) in [5.41, 5.74) is 1.67. The van der Waals surface area contributed by atoms with Crippen LogP contribution >= 0.6 is 0 Å². The molecule has 2 aliphatic carbocycles. The van der Waals surface area contributed by atoms with Crippen LogP contribution in [-0.2, 0) is 4.79 Å². The van der Waals surface area contributed by atoms with Crippen LogP contribution < -0.4 is 0 Å². The van der Waals surface area contributed by atoms with Crippen LogP contribution in [0.2, 0.25) is 0 Å². The predicted octanol–water partition coefficient (Wildman–Crippen LogP) is 4.26. The highest BCUT2D eigenvalue weighted by atomic mass is 16.4. The molecule has 0 heterocycles. The van der Waals surface area contributed by atoms with E-state index >= 15 is 0 Å². The van der Waals surface area contributed by atoms with E-state index in [2.05, 4.69) is 33.8 Å². The Balaban J connectivity index is 2.39. The van der Waals surface area contributed by atoms with Crippen molar-refractivity contribution in [1.82, 2.24) is 0 Å². The SMILES string of the molecule is CC1=CCCC2C1(C)CCC(C)C2(C)CC(=O)O. The Morgan fingerprint density at radius 3 is 2.72 bits per heavy atom. The van der Waals surface area contributed by atoms with Crippen LogP contribution in [0.3, 0.4) is 0 Å². The van der Waals surface area contributed by atoms with Crippen LogP contribution in [0.1, 0.15) is 59.8 Å². The number of hydrogen-bond acceptors (Lipinski definition) is 1. The molecule has 0 bridgehead atoms. The summed E-state index contributed by atoms with van der Waals surface area (Å²) in [6.45, 7) is 9.06. The van der Waals surface area contributed by atoms with Gasteiger partial charge in [0.2, 0.25) is 0 Å². The van der Waals surface area contributed by atoms with Crippen LogP contribution in [-0.4, -0.2) is 11.1 Å². The molecule has 102 valence electrons. The molecule has 0 spiro atoms. The lowest BCUT2D eigenvalue weighted by molar-refractivity contribution is -0.145. The van der Waals surface area contributed by atoms with Crippen molar-refractivity contribution in [3.05, 3.63) is 11.6 Å². The van der Waals surface area contributed by atoms with Crippen molar-refractivity contribution in [3.8, 4) is 0 Å². The molecule has 0 aromatic heterocycles. The fraction of sp³-hybridized carbons (Fsp3) is 0.812. The molecule has 2 heteroatoms. The van der Waals surface area contributed by atoms with Gasteiger partial charge in [-0.1, -0.05) is 32.4 Å². The number of hydrogen-bond donors (Lipinski definition) is 1. The third-order valence-corrected chi connectivity index (χ3v) is 6.13. The molecular weight excluding hydrogens is 224 g/mol. The Morgan fingerprint density at radius 2 is 2.11 bits per heavy atom. The summed E-state index contributed by atoms with van der Waals surface area (Å²) in [5.74, 6) is 0.397. The van der Waals surface area contributed by atoms with Gasteiger partial charge >= 0.3 is 5.97 Å². The van der Waals surface area contributed by atoms with Crippen molar-refractivity contribution in [3.63, 3.8) is 0 Å². The highest BCUT2D eigenvalue weighted by Crippen LogP contribution is 2.61. The molecule has 2 nitrogen and oxygen atoms in total. The molecule has 2 aliphatic rings. The molecule has 4 atom stereocenters. The van der Waals surface area contributed by atoms with E-state index in [9.17, 15) is 9.90 Å². The highest BCUT2D eigenvalue weighted by molar-refractivity contribution is 5.68. The first-order chi connectivity index (χ1) is 8.30. The summed E-state index contributed by atoms with van der Waals surface area (Å²) >= 11 is 0. The Kier molecular flexibility index (Phi) is 3.33. The lowest BCUT2D eigenvalue weighted by Crippen LogP contribution is -2.50. The van der Waals surface area contributed by atoms with Gasteiger partial charge in [0.1, 0.15) is 0 Å². The topological polar surface area (TPSA) is 37.3 Å². The summed E-state index contributed by atoms with van der Waals surface area (Å²) in [5, 5.41) is 9.27. The van der Waals surface area contributed by atoms with Crippen molar-refractivity contribution in [2.24, 2.45) is 22.7 Å². The number of carboxylic acids is 1. The highest BCUT2D eigenvalue weighted by Gasteiger charge is 2.53. The summed E-state index contributed by atoms with van der Waals surface area (Å²) in [6, 6.07) is 0. The Bertz CT molecular complexity index is 385. The third kappa shape index (κ3) is 1.90. The van der Waals surface area contributed by atoms with Gasteiger partial charge in [-0.3, -0.25) is 4.79 Å². The summed E-state index contributed by atoms with van der Waals surface area (Å²) in [6.07, 6.45) is 7.34. The Morgan fingerprint density at radius 1 is 1.44 bits per heavy atom. The zero-order valence-corrected chi connectivity index (χ0v) is 12.1. The molecule has 0 aromatic rings. The van der Waals surface area contributed by atoms with Gasteiger partial charge in [0.15, 0.2) is 0 Å². The van der Waals surface area contributed by atoms with Gasteiger partial charge < -0.3 is 5.11 Å². The van der Waals surface area contributed by atoms with Gasteiger partial charge in [0.25, 0.3) is 0 Å². The maximum atomic E-state index is 11.3.